The van der Waals surface area contributed by atoms with Crippen LogP contribution in [-0.4, -0.2) is 44.4 Å². The van der Waals surface area contributed by atoms with Gasteiger partial charge in [-0.15, -0.1) is 0 Å². The predicted octanol–water partition coefficient (Wildman–Crippen LogP) is 7.38. The monoisotopic (exact) mass is 617 g/mol. The molecule has 0 spiro atoms. The largest absolute Gasteiger partial charge is 0.493 e. The molecule has 0 saturated heterocycles. The first-order chi connectivity index (χ1) is 19.0. The molecule has 5 nitrogen and oxygen atoms in total. The van der Waals surface area contributed by atoms with Crippen LogP contribution >= 0.6 is 11.6 Å². The van der Waals surface area contributed by atoms with E-state index in [1.807, 2.05) is 43.9 Å². The molecule has 41 heavy (non-hydrogen) atoms. The van der Waals surface area contributed by atoms with Crippen LogP contribution in [0.2, 0.25) is 5.02 Å². The van der Waals surface area contributed by atoms with Crippen LogP contribution in [0.5, 0.6) is 5.75 Å². The van der Waals surface area contributed by atoms with Crippen molar-refractivity contribution in [1.29, 1.82) is 0 Å². The highest BCUT2D eigenvalue weighted by Crippen LogP contribution is 2.37. The average molecular weight is 618 g/mol. The van der Waals surface area contributed by atoms with Gasteiger partial charge < -0.3 is 9.84 Å². The summed E-state index contributed by atoms with van der Waals surface area (Å²) in [5.74, 6) is -0.922. The van der Waals surface area contributed by atoms with E-state index < -0.39 is 39.4 Å². The highest BCUT2D eigenvalue weighted by Gasteiger charge is 2.34. The Morgan fingerprint density at radius 1 is 1.22 bits per heavy atom. The van der Waals surface area contributed by atoms with Crippen molar-refractivity contribution in [3.63, 3.8) is 0 Å². The van der Waals surface area contributed by atoms with E-state index in [0.717, 1.165) is 30.0 Å². The molecule has 0 aromatic heterocycles. The summed E-state index contributed by atoms with van der Waals surface area (Å²) in [6.45, 7) is 10.0. The molecule has 0 radical (unpaired) electrons. The first-order valence-corrected chi connectivity index (χ1v) is 15.1. The molecular weight excluding hydrogens is 582 g/mol. The van der Waals surface area contributed by atoms with E-state index >= 15 is 0 Å². The van der Waals surface area contributed by atoms with Gasteiger partial charge in [0.2, 0.25) is 0 Å². The van der Waals surface area contributed by atoms with Crippen molar-refractivity contribution in [1.82, 2.24) is 4.90 Å². The van der Waals surface area contributed by atoms with Gasteiger partial charge in [0.1, 0.15) is 11.6 Å². The minimum Gasteiger partial charge on any atom is -0.493 e. The molecular formula is C30H36ClF4NO4S. The molecule has 0 heterocycles. The smallest absolute Gasteiger partial charge is 0.417 e. The number of sulfone groups is 1. The lowest BCUT2D eigenvalue weighted by Gasteiger charge is -2.34. The molecule has 0 atom stereocenters. The Hall–Kier alpha value is -2.66. The maximum Gasteiger partial charge on any atom is 0.417 e. The zero-order valence-electron chi connectivity index (χ0n) is 23.6. The summed E-state index contributed by atoms with van der Waals surface area (Å²) >= 11 is 6.19. The van der Waals surface area contributed by atoms with Gasteiger partial charge in [-0.2, -0.15) is 13.2 Å². The maximum atomic E-state index is 14.4. The number of nitrogens with zero attached hydrogens (tertiary/aromatic N) is 1. The minimum atomic E-state index is -4.60. The third kappa shape index (κ3) is 9.70. The van der Waals surface area contributed by atoms with Crippen LogP contribution in [0.25, 0.3) is 0 Å². The SMILES string of the molecule is C=C/C(=C\C=C/C)C(C)(C)CN(CCCOc1cc(F)c(CO)c(S(C)(=O)=O)c1)Cc1cccc(C(F)(F)F)c1Cl. The van der Waals surface area contributed by atoms with Gasteiger partial charge in [0.05, 0.1) is 28.7 Å². The number of hydrogen-bond donors (Lipinski definition) is 1. The molecule has 2 aromatic rings. The van der Waals surface area contributed by atoms with E-state index in [-0.39, 0.29) is 34.4 Å². The second kappa shape index (κ2) is 14.5. The van der Waals surface area contributed by atoms with Crippen LogP contribution in [-0.2, 0) is 29.2 Å². The molecule has 0 aliphatic heterocycles. The van der Waals surface area contributed by atoms with Gasteiger partial charge in [-0.25, -0.2) is 12.8 Å². The topological polar surface area (TPSA) is 66.8 Å². The number of aliphatic hydroxyl groups excluding tert-OH is 1. The Balaban J connectivity index is 2.30. The Morgan fingerprint density at radius 3 is 2.46 bits per heavy atom. The summed E-state index contributed by atoms with van der Waals surface area (Å²) in [5.41, 5.74) is -0.441. The average Bonchev–Trinajstić information content (AvgIpc) is 2.86. The molecule has 2 rings (SSSR count). The van der Waals surface area contributed by atoms with Crippen molar-refractivity contribution in [2.24, 2.45) is 5.41 Å². The second-order valence-electron chi connectivity index (χ2n) is 10.2. The predicted molar refractivity (Wildman–Crippen MR) is 154 cm³/mol. The molecule has 0 fully saturated rings. The van der Waals surface area contributed by atoms with Gasteiger partial charge >= 0.3 is 6.18 Å². The van der Waals surface area contributed by atoms with Crippen LogP contribution < -0.4 is 4.74 Å². The zero-order valence-corrected chi connectivity index (χ0v) is 25.1. The van der Waals surface area contributed by atoms with Crippen molar-refractivity contribution >= 4 is 21.4 Å². The van der Waals surface area contributed by atoms with Crippen molar-refractivity contribution in [3.05, 3.63) is 94.3 Å². The molecule has 0 unspecified atom stereocenters. The fraction of sp³-hybridized carbons (Fsp3) is 0.400. The van der Waals surface area contributed by atoms with Crippen LogP contribution in [0.4, 0.5) is 17.6 Å². The number of alkyl halides is 3. The molecule has 226 valence electrons. The van der Waals surface area contributed by atoms with Crippen LogP contribution in [0.15, 0.2) is 71.7 Å². The van der Waals surface area contributed by atoms with E-state index in [4.69, 9.17) is 16.3 Å². The second-order valence-corrected chi connectivity index (χ2v) is 12.6. The molecule has 2 aromatic carbocycles. The van der Waals surface area contributed by atoms with E-state index in [9.17, 15) is 31.1 Å². The van der Waals surface area contributed by atoms with Gasteiger partial charge in [0, 0.05) is 42.9 Å². The van der Waals surface area contributed by atoms with Gasteiger partial charge in [-0.3, -0.25) is 4.90 Å². The van der Waals surface area contributed by atoms with Crippen LogP contribution in [0.1, 0.15) is 43.9 Å². The van der Waals surface area contributed by atoms with Crippen molar-refractivity contribution in [2.45, 2.75) is 51.4 Å². The third-order valence-corrected chi connectivity index (χ3v) is 8.05. The van der Waals surface area contributed by atoms with E-state index in [2.05, 4.69) is 6.58 Å². The lowest BCUT2D eigenvalue weighted by Crippen LogP contribution is -2.36. The van der Waals surface area contributed by atoms with E-state index in [1.165, 1.54) is 6.07 Å². The van der Waals surface area contributed by atoms with Crippen molar-refractivity contribution in [3.8, 4) is 5.75 Å². The summed E-state index contributed by atoms with van der Waals surface area (Å²) in [6, 6.07) is 5.98. The number of aliphatic hydroxyl groups is 1. The lowest BCUT2D eigenvalue weighted by atomic mass is 9.83. The van der Waals surface area contributed by atoms with Gasteiger partial charge in [-0.05, 0) is 36.6 Å². The lowest BCUT2D eigenvalue weighted by molar-refractivity contribution is -0.137. The molecule has 0 aliphatic carbocycles. The fourth-order valence-electron chi connectivity index (χ4n) is 4.43. The van der Waals surface area contributed by atoms with Crippen molar-refractivity contribution in [2.75, 3.05) is 26.0 Å². The Bertz CT molecular complexity index is 1390. The summed E-state index contributed by atoms with van der Waals surface area (Å²) < 4.78 is 84.6. The first-order valence-electron chi connectivity index (χ1n) is 12.8. The summed E-state index contributed by atoms with van der Waals surface area (Å²) in [7, 11) is -3.82. The molecule has 0 bridgehead atoms. The fourth-order valence-corrected chi connectivity index (χ4v) is 5.66. The van der Waals surface area contributed by atoms with Gasteiger partial charge in [-0.1, -0.05) is 68.5 Å². The highest BCUT2D eigenvalue weighted by molar-refractivity contribution is 7.90. The Kier molecular flexibility index (Phi) is 12.2. The summed E-state index contributed by atoms with van der Waals surface area (Å²) in [6.07, 6.45) is 4.12. The number of rotatable bonds is 14. The van der Waals surface area contributed by atoms with Gasteiger partial charge in [0.25, 0.3) is 0 Å². The van der Waals surface area contributed by atoms with Crippen LogP contribution in [0.3, 0.4) is 0 Å². The Labute approximate surface area is 244 Å². The zero-order chi connectivity index (χ0) is 31.0. The molecule has 0 amide bonds. The number of hydrogen-bond acceptors (Lipinski definition) is 5. The summed E-state index contributed by atoms with van der Waals surface area (Å²) in [5, 5.41) is 9.03. The number of benzene rings is 2. The quantitative estimate of drug-likeness (QED) is 0.136. The molecule has 1 N–H and O–H groups in total. The first kappa shape index (κ1) is 34.5. The van der Waals surface area contributed by atoms with E-state index in [1.54, 1.807) is 12.1 Å². The Morgan fingerprint density at radius 2 is 1.90 bits per heavy atom. The van der Waals surface area contributed by atoms with E-state index in [0.29, 0.717) is 25.1 Å². The normalized spacial score (nSPS) is 13.3. The standard InChI is InChI=1S/C30H36ClF4NO4S/c1-6-8-12-22(7-2)29(3,4)20-36(18-21-11-9-13-25(28(21)31)30(33,34)35)14-10-15-40-23-16-26(32)24(19-37)27(17-23)41(5,38)39/h6-9,11-13,16-17,37H,2,10,14-15,18-20H2,1,3-5H3/b8-6-,22-12+. The maximum absolute atomic E-state index is 14.4. The minimum absolute atomic E-state index is 0.0174. The van der Waals surface area contributed by atoms with Crippen LogP contribution in [0, 0.1) is 11.2 Å². The number of halogens is 5. The molecule has 0 aliphatic rings. The number of allylic oxidation sites excluding steroid dienone is 4. The number of ether oxygens (including phenoxy) is 1. The summed E-state index contributed by atoms with van der Waals surface area (Å²) in [4.78, 5) is 1.59. The molecule has 11 heteroatoms. The highest BCUT2D eigenvalue weighted by atomic mass is 35.5. The van der Waals surface area contributed by atoms with Crippen molar-refractivity contribution < 1.29 is 35.8 Å². The third-order valence-electron chi connectivity index (χ3n) is 6.44. The molecule has 0 saturated carbocycles. The van der Waals surface area contributed by atoms with Gasteiger partial charge in [0.15, 0.2) is 9.84 Å².